The number of nitrogens with one attached hydrogen (secondary N) is 3. The standard InChI is InChI=1S/C37H45F2N5O8/c1-37(2,3)32(42-35(47)49-4)33(46)43-44(19-23-14-26(38)17-27(39)15-23)20-30(45)29(41-36(48)52-31-21-51-34-28(31)11-13-50-34)16-22-7-9-24(10-8-22)25-6-5-12-40-18-25/h5-10,12,14-15,17-18,28-32,34,45H,11,13,16,19-21H2,1-4H3,(H,41,48)(H,42,47)(H,43,46). The summed E-state index contributed by atoms with van der Waals surface area (Å²) in [5.74, 6) is -2.44. The first-order valence-corrected chi connectivity index (χ1v) is 17.0. The molecular formula is C37H45F2N5O8. The van der Waals surface area contributed by atoms with E-state index < -0.39 is 65.7 Å². The third-order valence-electron chi connectivity index (χ3n) is 8.96. The molecule has 4 N–H and O–H groups in total. The fourth-order valence-corrected chi connectivity index (χ4v) is 6.27. The van der Waals surface area contributed by atoms with Crippen LogP contribution in [-0.2, 0) is 36.7 Å². The third kappa shape index (κ3) is 10.4. The molecule has 3 aromatic rings. The number of pyridine rings is 1. The van der Waals surface area contributed by atoms with Crippen molar-refractivity contribution in [2.75, 3.05) is 26.9 Å². The Morgan fingerprint density at radius 2 is 1.73 bits per heavy atom. The van der Waals surface area contributed by atoms with Gasteiger partial charge in [0.15, 0.2) is 6.29 Å². The molecule has 0 saturated carbocycles. The summed E-state index contributed by atoms with van der Waals surface area (Å²) in [7, 11) is 1.16. The number of methoxy groups -OCH3 is 1. The average Bonchev–Trinajstić information content (AvgIpc) is 3.71. The van der Waals surface area contributed by atoms with E-state index in [1.54, 1.807) is 33.2 Å². The highest BCUT2D eigenvalue weighted by molar-refractivity contribution is 5.86. The highest BCUT2D eigenvalue weighted by atomic mass is 19.1. The molecule has 0 radical (unpaired) electrons. The fraction of sp³-hybridized carbons (Fsp3) is 0.459. The number of alkyl carbamates (subject to hydrolysis) is 2. The minimum atomic E-state index is -1.37. The van der Waals surface area contributed by atoms with Crippen LogP contribution in [0.5, 0.6) is 0 Å². The van der Waals surface area contributed by atoms with E-state index in [0.29, 0.717) is 13.0 Å². The normalized spacial score (nSPS) is 20.0. The van der Waals surface area contributed by atoms with E-state index in [9.17, 15) is 28.3 Å². The van der Waals surface area contributed by atoms with Crippen molar-refractivity contribution in [3.63, 3.8) is 0 Å². The van der Waals surface area contributed by atoms with Crippen LogP contribution < -0.4 is 16.1 Å². The maximum Gasteiger partial charge on any atom is 0.407 e. The quantitative estimate of drug-likeness (QED) is 0.189. The van der Waals surface area contributed by atoms with Gasteiger partial charge in [0.1, 0.15) is 23.8 Å². The van der Waals surface area contributed by atoms with Gasteiger partial charge >= 0.3 is 12.2 Å². The van der Waals surface area contributed by atoms with Crippen LogP contribution >= 0.6 is 0 Å². The molecule has 3 amide bonds. The zero-order valence-electron chi connectivity index (χ0n) is 29.5. The van der Waals surface area contributed by atoms with E-state index >= 15 is 0 Å². The number of aliphatic hydroxyl groups is 1. The van der Waals surface area contributed by atoms with Crippen molar-refractivity contribution in [3.8, 4) is 11.1 Å². The highest BCUT2D eigenvalue weighted by Crippen LogP contribution is 2.33. The molecule has 2 fully saturated rings. The van der Waals surface area contributed by atoms with Gasteiger partial charge in [0, 0.05) is 31.5 Å². The lowest BCUT2D eigenvalue weighted by atomic mass is 9.86. The molecule has 13 nitrogen and oxygen atoms in total. The lowest BCUT2D eigenvalue weighted by Crippen LogP contribution is -2.59. The summed E-state index contributed by atoms with van der Waals surface area (Å²) >= 11 is 0. The van der Waals surface area contributed by atoms with Crippen LogP contribution in [0.15, 0.2) is 67.0 Å². The first kappa shape index (κ1) is 38.5. The average molecular weight is 726 g/mol. The van der Waals surface area contributed by atoms with E-state index in [2.05, 4.69) is 21.0 Å². The number of benzene rings is 2. The van der Waals surface area contributed by atoms with Gasteiger partial charge in [-0.3, -0.25) is 15.2 Å². The minimum absolute atomic E-state index is 0.110. The molecule has 52 heavy (non-hydrogen) atoms. The van der Waals surface area contributed by atoms with Crippen LogP contribution in [0, 0.1) is 23.0 Å². The molecule has 3 heterocycles. The Kier molecular flexibility index (Phi) is 12.8. The number of aromatic nitrogens is 1. The van der Waals surface area contributed by atoms with Gasteiger partial charge in [-0.2, -0.15) is 0 Å². The van der Waals surface area contributed by atoms with Crippen LogP contribution in [-0.4, -0.2) is 90.6 Å². The maximum atomic E-state index is 14.2. The minimum Gasteiger partial charge on any atom is -0.453 e. The maximum absolute atomic E-state index is 14.2. The SMILES string of the molecule is COC(=O)NC(C(=O)NN(Cc1cc(F)cc(F)c1)CC(O)C(Cc1ccc(-c2cccnc2)cc1)NC(=O)OC1COC2OCCC12)C(C)(C)C. The van der Waals surface area contributed by atoms with Crippen molar-refractivity contribution in [1.82, 2.24) is 26.1 Å². The van der Waals surface area contributed by atoms with E-state index in [1.165, 1.54) is 5.01 Å². The molecular weight excluding hydrogens is 680 g/mol. The molecule has 0 spiro atoms. The van der Waals surface area contributed by atoms with E-state index in [0.717, 1.165) is 42.0 Å². The summed E-state index contributed by atoms with van der Waals surface area (Å²) in [4.78, 5) is 43.3. The number of hydrogen-bond donors (Lipinski definition) is 4. The van der Waals surface area contributed by atoms with Gasteiger partial charge in [-0.1, -0.05) is 51.1 Å². The molecule has 15 heteroatoms. The van der Waals surface area contributed by atoms with Gasteiger partial charge in [0.05, 0.1) is 38.4 Å². The van der Waals surface area contributed by atoms with Crippen molar-refractivity contribution < 1.29 is 47.2 Å². The molecule has 0 aliphatic carbocycles. The second kappa shape index (κ2) is 17.2. The van der Waals surface area contributed by atoms with Crippen molar-refractivity contribution in [1.29, 1.82) is 0 Å². The van der Waals surface area contributed by atoms with Crippen molar-refractivity contribution in [2.24, 2.45) is 11.3 Å². The molecule has 6 atom stereocenters. The van der Waals surface area contributed by atoms with Gasteiger partial charge in [-0.25, -0.2) is 23.4 Å². The largest absolute Gasteiger partial charge is 0.453 e. The second-order valence-corrected chi connectivity index (χ2v) is 14.0. The van der Waals surface area contributed by atoms with Gasteiger partial charge in [0.2, 0.25) is 0 Å². The fourth-order valence-electron chi connectivity index (χ4n) is 6.27. The number of carbonyl (C=O) groups is 3. The summed E-state index contributed by atoms with van der Waals surface area (Å²) in [5, 5.41) is 18.3. The topological polar surface area (TPSA) is 161 Å². The van der Waals surface area contributed by atoms with Crippen LogP contribution in [0.25, 0.3) is 11.1 Å². The Bertz CT molecular complexity index is 1660. The molecule has 6 unspecified atom stereocenters. The van der Waals surface area contributed by atoms with Gasteiger partial charge in [-0.15, -0.1) is 0 Å². The van der Waals surface area contributed by atoms with Crippen LogP contribution in [0.3, 0.4) is 0 Å². The summed E-state index contributed by atoms with van der Waals surface area (Å²) in [5.41, 5.74) is 4.65. The molecule has 0 bridgehead atoms. The Morgan fingerprint density at radius 3 is 2.38 bits per heavy atom. The molecule has 1 aromatic heterocycles. The summed E-state index contributed by atoms with van der Waals surface area (Å²) < 4.78 is 50.1. The number of halogens is 2. The number of hydrazine groups is 1. The van der Waals surface area contributed by atoms with Gasteiger partial charge in [-0.05, 0) is 58.7 Å². The first-order chi connectivity index (χ1) is 24.8. The Labute approximate surface area is 300 Å². The van der Waals surface area contributed by atoms with Crippen molar-refractivity contribution in [3.05, 3.63) is 89.8 Å². The zero-order valence-corrected chi connectivity index (χ0v) is 29.5. The monoisotopic (exact) mass is 725 g/mol. The number of hydrogen-bond acceptors (Lipinski definition) is 10. The summed E-state index contributed by atoms with van der Waals surface area (Å²) in [6.07, 6.45) is 0.273. The van der Waals surface area contributed by atoms with Gasteiger partial charge in [0.25, 0.3) is 5.91 Å². The molecule has 2 saturated heterocycles. The highest BCUT2D eigenvalue weighted by Gasteiger charge is 2.44. The third-order valence-corrected chi connectivity index (χ3v) is 8.96. The Balaban J connectivity index is 1.38. The lowest BCUT2D eigenvalue weighted by molar-refractivity contribution is -0.131. The second-order valence-electron chi connectivity index (χ2n) is 14.0. The Morgan fingerprint density at radius 1 is 1.00 bits per heavy atom. The molecule has 280 valence electrons. The lowest BCUT2D eigenvalue weighted by Gasteiger charge is -2.34. The van der Waals surface area contributed by atoms with Crippen LogP contribution in [0.1, 0.15) is 38.3 Å². The smallest absolute Gasteiger partial charge is 0.407 e. The summed E-state index contributed by atoms with van der Waals surface area (Å²) in [6.45, 7) is 5.30. The first-order valence-electron chi connectivity index (χ1n) is 17.0. The molecule has 2 aliphatic rings. The molecule has 2 aliphatic heterocycles. The van der Waals surface area contributed by atoms with Crippen molar-refractivity contribution >= 4 is 18.1 Å². The number of rotatable bonds is 13. The van der Waals surface area contributed by atoms with Crippen LogP contribution in [0.4, 0.5) is 18.4 Å². The number of nitrogens with zero attached hydrogens (tertiary/aromatic N) is 2. The number of carbonyl (C=O) groups excluding carboxylic acids is 3. The van der Waals surface area contributed by atoms with E-state index in [4.69, 9.17) is 18.9 Å². The van der Waals surface area contributed by atoms with Crippen LogP contribution in [0.2, 0.25) is 0 Å². The number of amides is 3. The van der Waals surface area contributed by atoms with Gasteiger partial charge < -0.3 is 34.7 Å². The summed E-state index contributed by atoms with van der Waals surface area (Å²) in [6, 6.07) is 12.1. The van der Waals surface area contributed by atoms with E-state index in [1.807, 2.05) is 36.4 Å². The molecule has 2 aromatic carbocycles. The zero-order chi connectivity index (χ0) is 37.4. The number of ether oxygens (including phenoxy) is 4. The van der Waals surface area contributed by atoms with E-state index in [-0.39, 0.29) is 37.6 Å². The molecule has 5 rings (SSSR count). The predicted molar refractivity (Wildman–Crippen MR) is 184 cm³/mol. The number of fused-ring (bicyclic) bond motifs is 1. The van der Waals surface area contributed by atoms with Crippen molar-refractivity contribution in [2.45, 2.75) is 70.7 Å². The number of aliphatic hydroxyl groups excluding tert-OH is 1. The Hall–Kier alpha value is -4.70. The predicted octanol–water partition coefficient (Wildman–Crippen LogP) is 4.09.